The van der Waals surface area contributed by atoms with Gasteiger partial charge in [0.05, 0.1) is 16.7 Å². The summed E-state index contributed by atoms with van der Waals surface area (Å²) < 4.78 is 2.98. The number of carbonyl (C=O) groups is 1. The van der Waals surface area contributed by atoms with Crippen molar-refractivity contribution in [3.05, 3.63) is 104 Å². The molecule has 0 saturated heterocycles. The van der Waals surface area contributed by atoms with E-state index in [0.717, 1.165) is 20.9 Å². The first-order valence-electron chi connectivity index (χ1n) is 9.55. The molecule has 8 nitrogen and oxygen atoms in total. The molecular formula is C23H17BrN4O4. The second-order valence-corrected chi connectivity index (χ2v) is 7.93. The summed E-state index contributed by atoms with van der Waals surface area (Å²) >= 11 is 3.43. The van der Waals surface area contributed by atoms with Crippen molar-refractivity contribution >= 4 is 44.6 Å². The Morgan fingerprint density at radius 1 is 1.16 bits per heavy atom. The third kappa shape index (κ3) is 4.52. The molecular weight excluding hydrogens is 476 g/mol. The Labute approximate surface area is 191 Å². The Bertz CT molecular complexity index is 1350. The van der Waals surface area contributed by atoms with Crippen LogP contribution >= 0.6 is 15.9 Å². The number of benzene rings is 3. The Balaban J connectivity index is 1.58. The number of phenolic OH excluding ortho intramolecular Hbond substituents is 1. The minimum Gasteiger partial charge on any atom is -0.507 e. The van der Waals surface area contributed by atoms with Crippen LogP contribution in [0.1, 0.15) is 21.5 Å². The number of rotatable bonds is 6. The van der Waals surface area contributed by atoms with E-state index >= 15 is 0 Å². The molecule has 0 radical (unpaired) electrons. The molecule has 0 fully saturated rings. The molecule has 32 heavy (non-hydrogen) atoms. The summed E-state index contributed by atoms with van der Waals surface area (Å²) in [5, 5.41) is 25.4. The van der Waals surface area contributed by atoms with Crippen LogP contribution in [0.3, 0.4) is 0 Å². The number of nitrogens with zero attached hydrogens (tertiary/aromatic N) is 3. The van der Waals surface area contributed by atoms with Crippen molar-refractivity contribution in [1.29, 1.82) is 0 Å². The number of halogens is 1. The third-order valence-electron chi connectivity index (χ3n) is 4.89. The SMILES string of the molecule is O=C(N/N=C/c1cc([N+](=O)[O-])ccc1O)c1cn(Cc2ccc(Br)cc2)c2ccccc12. The van der Waals surface area contributed by atoms with E-state index in [2.05, 4.69) is 26.5 Å². The van der Waals surface area contributed by atoms with Gasteiger partial charge in [0.25, 0.3) is 11.6 Å². The van der Waals surface area contributed by atoms with Gasteiger partial charge in [0.15, 0.2) is 0 Å². The molecule has 4 rings (SSSR count). The summed E-state index contributed by atoms with van der Waals surface area (Å²) in [6.07, 6.45) is 2.93. The summed E-state index contributed by atoms with van der Waals surface area (Å²) in [6, 6.07) is 19.1. The molecule has 0 atom stereocenters. The molecule has 0 bridgehead atoms. The van der Waals surface area contributed by atoms with Crippen LogP contribution in [0.25, 0.3) is 10.9 Å². The van der Waals surface area contributed by atoms with Crippen LogP contribution in [0.4, 0.5) is 5.69 Å². The number of para-hydroxylation sites is 1. The van der Waals surface area contributed by atoms with Crippen molar-refractivity contribution in [3.8, 4) is 5.75 Å². The molecule has 9 heteroatoms. The average molecular weight is 493 g/mol. The van der Waals surface area contributed by atoms with Gasteiger partial charge < -0.3 is 9.67 Å². The number of carbonyl (C=O) groups excluding carboxylic acids is 1. The summed E-state index contributed by atoms with van der Waals surface area (Å²) in [5.41, 5.74) is 4.79. The Hall–Kier alpha value is -3.98. The molecule has 1 heterocycles. The smallest absolute Gasteiger partial charge is 0.273 e. The van der Waals surface area contributed by atoms with Crippen LogP contribution in [-0.2, 0) is 6.54 Å². The first-order chi connectivity index (χ1) is 15.4. The number of amides is 1. The number of fused-ring (bicyclic) bond motifs is 1. The van der Waals surface area contributed by atoms with E-state index in [1.807, 2.05) is 53.1 Å². The Kier molecular flexibility index (Phi) is 6.00. The van der Waals surface area contributed by atoms with Gasteiger partial charge in [0.2, 0.25) is 0 Å². The van der Waals surface area contributed by atoms with E-state index in [1.165, 1.54) is 24.4 Å². The van der Waals surface area contributed by atoms with E-state index in [-0.39, 0.29) is 17.0 Å². The summed E-state index contributed by atoms with van der Waals surface area (Å²) in [6.45, 7) is 0.589. The zero-order valence-electron chi connectivity index (χ0n) is 16.6. The zero-order chi connectivity index (χ0) is 22.7. The van der Waals surface area contributed by atoms with Crippen LogP contribution < -0.4 is 5.43 Å². The van der Waals surface area contributed by atoms with Crippen LogP contribution in [0.5, 0.6) is 5.75 Å². The van der Waals surface area contributed by atoms with Crippen LogP contribution in [0, 0.1) is 10.1 Å². The third-order valence-corrected chi connectivity index (χ3v) is 5.42. The highest BCUT2D eigenvalue weighted by Gasteiger charge is 2.15. The fraction of sp³-hybridized carbons (Fsp3) is 0.0435. The van der Waals surface area contributed by atoms with Gasteiger partial charge in [0, 0.05) is 45.8 Å². The molecule has 2 N–H and O–H groups in total. The van der Waals surface area contributed by atoms with Crippen molar-refractivity contribution in [2.24, 2.45) is 5.10 Å². The molecule has 0 spiro atoms. The number of aromatic nitrogens is 1. The lowest BCUT2D eigenvalue weighted by Crippen LogP contribution is -2.17. The van der Waals surface area contributed by atoms with Gasteiger partial charge in [-0.15, -0.1) is 0 Å². The first kappa shape index (κ1) is 21.3. The maximum Gasteiger partial charge on any atom is 0.273 e. The van der Waals surface area contributed by atoms with Gasteiger partial charge in [0.1, 0.15) is 5.75 Å². The summed E-state index contributed by atoms with van der Waals surface area (Å²) in [7, 11) is 0. The Morgan fingerprint density at radius 2 is 1.91 bits per heavy atom. The lowest BCUT2D eigenvalue weighted by molar-refractivity contribution is -0.384. The number of nitrogens with one attached hydrogen (secondary N) is 1. The lowest BCUT2D eigenvalue weighted by atomic mass is 10.1. The number of phenols is 1. The number of aromatic hydroxyl groups is 1. The number of non-ortho nitro benzene ring substituents is 1. The predicted molar refractivity (Wildman–Crippen MR) is 125 cm³/mol. The van der Waals surface area contributed by atoms with Gasteiger partial charge >= 0.3 is 0 Å². The number of nitro groups is 1. The quantitative estimate of drug-likeness (QED) is 0.228. The minimum absolute atomic E-state index is 0.122. The van der Waals surface area contributed by atoms with E-state index in [4.69, 9.17) is 0 Å². The maximum absolute atomic E-state index is 12.8. The summed E-state index contributed by atoms with van der Waals surface area (Å²) in [4.78, 5) is 23.1. The monoisotopic (exact) mass is 492 g/mol. The van der Waals surface area contributed by atoms with Gasteiger partial charge in [-0.1, -0.05) is 46.3 Å². The van der Waals surface area contributed by atoms with E-state index in [0.29, 0.717) is 12.1 Å². The number of hydrazone groups is 1. The summed E-state index contributed by atoms with van der Waals surface area (Å²) in [5.74, 6) is -0.614. The van der Waals surface area contributed by atoms with Crippen LogP contribution in [0.2, 0.25) is 0 Å². The fourth-order valence-corrected chi connectivity index (χ4v) is 3.59. The molecule has 0 aliphatic rings. The topological polar surface area (TPSA) is 110 Å². The first-order valence-corrected chi connectivity index (χ1v) is 10.3. The predicted octanol–water partition coefficient (Wildman–Crippen LogP) is 4.83. The van der Waals surface area contributed by atoms with E-state index < -0.39 is 10.8 Å². The average Bonchev–Trinajstić information content (AvgIpc) is 3.15. The van der Waals surface area contributed by atoms with Crippen molar-refractivity contribution in [1.82, 2.24) is 9.99 Å². The van der Waals surface area contributed by atoms with Crippen LogP contribution in [-0.4, -0.2) is 26.7 Å². The van der Waals surface area contributed by atoms with Gasteiger partial charge in [-0.2, -0.15) is 5.10 Å². The standard InChI is InChI=1S/C23H17BrN4O4/c24-17-7-5-15(6-8-17)13-27-14-20(19-3-1-2-4-21(19)27)23(30)26-25-12-16-11-18(28(31)32)9-10-22(16)29/h1-12,14,29H,13H2,(H,26,30)/b25-12+. The van der Waals surface area contributed by atoms with Crippen molar-refractivity contribution < 1.29 is 14.8 Å². The van der Waals surface area contributed by atoms with Crippen molar-refractivity contribution in [2.45, 2.75) is 6.54 Å². The van der Waals surface area contributed by atoms with Gasteiger partial charge in [-0.05, 0) is 29.8 Å². The van der Waals surface area contributed by atoms with Crippen molar-refractivity contribution in [3.63, 3.8) is 0 Å². The van der Waals surface area contributed by atoms with Crippen molar-refractivity contribution in [2.75, 3.05) is 0 Å². The van der Waals surface area contributed by atoms with E-state index in [1.54, 1.807) is 6.20 Å². The highest BCUT2D eigenvalue weighted by Crippen LogP contribution is 2.24. The molecule has 1 amide bonds. The maximum atomic E-state index is 12.8. The largest absolute Gasteiger partial charge is 0.507 e. The number of nitro benzene ring substituents is 1. The minimum atomic E-state index is -0.574. The zero-order valence-corrected chi connectivity index (χ0v) is 18.2. The van der Waals surface area contributed by atoms with E-state index in [9.17, 15) is 20.0 Å². The molecule has 0 saturated carbocycles. The Morgan fingerprint density at radius 3 is 2.66 bits per heavy atom. The highest BCUT2D eigenvalue weighted by atomic mass is 79.9. The molecule has 0 aliphatic heterocycles. The number of hydrogen-bond acceptors (Lipinski definition) is 5. The lowest BCUT2D eigenvalue weighted by Gasteiger charge is -2.05. The second kappa shape index (κ2) is 9.03. The molecule has 3 aromatic carbocycles. The molecule has 0 unspecified atom stereocenters. The molecule has 160 valence electrons. The van der Waals surface area contributed by atoms with Crippen LogP contribution in [0.15, 0.2) is 82.5 Å². The second-order valence-electron chi connectivity index (χ2n) is 7.01. The molecule has 0 aliphatic carbocycles. The number of hydrogen-bond donors (Lipinski definition) is 2. The van der Waals surface area contributed by atoms with Gasteiger partial charge in [-0.25, -0.2) is 5.43 Å². The normalized spacial score (nSPS) is 11.2. The fourth-order valence-electron chi connectivity index (χ4n) is 3.32. The highest BCUT2D eigenvalue weighted by molar-refractivity contribution is 9.10. The van der Waals surface area contributed by atoms with Gasteiger partial charge in [-0.3, -0.25) is 14.9 Å². The molecule has 4 aromatic rings. The molecule has 1 aromatic heterocycles.